The number of carboxylic acid groups (broad SMARTS) is 1. The van der Waals surface area contributed by atoms with E-state index in [4.69, 9.17) is 16.7 Å². The lowest BCUT2D eigenvalue weighted by Gasteiger charge is -2.38. The predicted octanol–water partition coefficient (Wildman–Crippen LogP) is 2.04. The quantitative estimate of drug-likeness (QED) is 0.910. The van der Waals surface area contributed by atoms with Crippen molar-refractivity contribution in [2.45, 2.75) is 25.4 Å². The van der Waals surface area contributed by atoms with E-state index in [9.17, 15) is 13.2 Å². The molecule has 2 rings (SSSR count). The Labute approximate surface area is 127 Å². The second-order valence-electron chi connectivity index (χ2n) is 4.92. The number of aliphatic carboxylic acids is 1. The SMILES string of the molecule is CC(c1ccc(Cl)s1)N1CCS(=O)(=O)CC1CC(=O)O. The van der Waals surface area contributed by atoms with Crippen molar-refractivity contribution in [2.75, 3.05) is 18.1 Å². The predicted molar refractivity (Wildman–Crippen MR) is 79.1 cm³/mol. The molecule has 1 fully saturated rings. The van der Waals surface area contributed by atoms with Crippen LogP contribution in [0.3, 0.4) is 0 Å². The van der Waals surface area contributed by atoms with E-state index in [1.54, 1.807) is 6.07 Å². The second kappa shape index (κ2) is 6.01. The van der Waals surface area contributed by atoms with Crippen LogP contribution >= 0.6 is 22.9 Å². The van der Waals surface area contributed by atoms with Gasteiger partial charge in [0.1, 0.15) is 0 Å². The molecule has 1 N–H and O–H groups in total. The van der Waals surface area contributed by atoms with Gasteiger partial charge in [-0.05, 0) is 19.1 Å². The third kappa shape index (κ3) is 3.72. The molecule has 0 aromatic carbocycles. The average Bonchev–Trinajstić information content (AvgIpc) is 2.73. The summed E-state index contributed by atoms with van der Waals surface area (Å²) in [6.07, 6.45) is -0.164. The minimum atomic E-state index is -3.15. The van der Waals surface area contributed by atoms with Crippen LogP contribution in [-0.2, 0) is 14.6 Å². The lowest BCUT2D eigenvalue weighted by molar-refractivity contribution is -0.138. The molecule has 0 saturated carbocycles. The number of carboxylic acids is 1. The molecule has 2 atom stereocenters. The van der Waals surface area contributed by atoms with E-state index in [1.807, 2.05) is 17.9 Å². The molecule has 2 heterocycles. The maximum atomic E-state index is 11.7. The van der Waals surface area contributed by atoms with Crippen LogP contribution in [0.4, 0.5) is 0 Å². The smallest absolute Gasteiger partial charge is 0.304 e. The van der Waals surface area contributed by atoms with E-state index in [-0.39, 0.29) is 24.0 Å². The fourth-order valence-corrected chi connectivity index (χ4v) is 5.19. The van der Waals surface area contributed by atoms with E-state index >= 15 is 0 Å². The largest absolute Gasteiger partial charge is 0.481 e. The van der Waals surface area contributed by atoms with E-state index < -0.39 is 21.8 Å². The topological polar surface area (TPSA) is 74.7 Å². The standard InChI is InChI=1S/C12H16ClNO4S2/c1-8(10-2-3-11(13)19-10)14-4-5-20(17,18)7-9(14)6-12(15)16/h2-3,8-9H,4-7H2,1H3,(H,15,16). The van der Waals surface area contributed by atoms with Gasteiger partial charge in [-0.1, -0.05) is 11.6 Å². The maximum absolute atomic E-state index is 11.7. The van der Waals surface area contributed by atoms with Gasteiger partial charge in [0.15, 0.2) is 9.84 Å². The summed E-state index contributed by atoms with van der Waals surface area (Å²) in [6, 6.07) is 3.18. The molecular formula is C12H16ClNO4S2. The Hall–Kier alpha value is -0.630. The van der Waals surface area contributed by atoms with Crippen LogP contribution in [0.2, 0.25) is 4.34 Å². The monoisotopic (exact) mass is 337 g/mol. The normalized spacial score (nSPS) is 24.4. The van der Waals surface area contributed by atoms with Gasteiger partial charge in [0.25, 0.3) is 0 Å². The summed E-state index contributed by atoms with van der Waals surface area (Å²) in [5.74, 6) is -0.997. The fourth-order valence-electron chi connectivity index (χ4n) is 2.50. The summed E-state index contributed by atoms with van der Waals surface area (Å²) in [4.78, 5) is 13.9. The van der Waals surface area contributed by atoms with Crippen molar-refractivity contribution in [3.8, 4) is 0 Å². The van der Waals surface area contributed by atoms with Crippen LogP contribution in [0.15, 0.2) is 12.1 Å². The Morgan fingerprint density at radius 2 is 2.30 bits per heavy atom. The maximum Gasteiger partial charge on any atom is 0.304 e. The van der Waals surface area contributed by atoms with Crippen molar-refractivity contribution in [3.63, 3.8) is 0 Å². The molecule has 1 aromatic rings. The van der Waals surface area contributed by atoms with Crippen molar-refractivity contribution in [1.82, 2.24) is 4.90 Å². The first-order valence-electron chi connectivity index (χ1n) is 6.22. The molecule has 0 spiro atoms. The van der Waals surface area contributed by atoms with Crippen LogP contribution < -0.4 is 0 Å². The van der Waals surface area contributed by atoms with E-state index in [1.165, 1.54) is 11.3 Å². The van der Waals surface area contributed by atoms with Gasteiger partial charge >= 0.3 is 5.97 Å². The number of thiophene rings is 1. The lowest BCUT2D eigenvalue weighted by Crippen LogP contribution is -2.50. The van der Waals surface area contributed by atoms with Gasteiger partial charge in [-0.25, -0.2) is 8.42 Å². The molecule has 8 heteroatoms. The van der Waals surface area contributed by atoms with Gasteiger partial charge in [-0.15, -0.1) is 11.3 Å². The summed E-state index contributed by atoms with van der Waals surface area (Å²) >= 11 is 7.36. The first-order chi connectivity index (χ1) is 9.28. The summed E-state index contributed by atoms with van der Waals surface area (Å²) in [5.41, 5.74) is 0. The summed E-state index contributed by atoms with van der Waals surface area (Å²) in [5, 5.41) is 8.97. The summed E-state index contributed by atoms with van der Waals surface area (Å²) in [7, 11) is -3.15. The lowest BCUT2D eigenvalue weighted by atomic mass is 10.1. The summed E-state index contributed by atoms with van der Waals surface area (Å²) in [6.45, 7) is 2.31. The van der Waals surface area contributed by atoms with Crippen molar-refractivity contribution in [1.29, 1.82) is 0 Å². The first kappa shape index (κ1) is 15.8. The molecule has 1 aliphatic rings. The van der Waals surface area contributed by atoms with Gasteiger partial charge in [0, 0.05) is 23.5 Å². The van der Waals surface area contributed by atoms with E-state index in [0.717, 1.165) is 4.88 Å². The van der Waals surface area contributed by atoms with Crippen LogP contribution in [0.5, 0.6) is 0 Å². The Morgan fingerprint density at radius 3 is 2.85 bits per heavy atom. The van der Waals surface area contributed by atoms with Gasteiger partial charge in [0.2, 0.25) is 0 Å². The van der Waals surface area contributed by atoms with Crippen LogP contribution in [0.25, 0.3) is 0 Å². The van der Waals surface area contributed by atoms with Crippen LogP contribution in [0.1, 0.15) is 24.3 Å². The van der Waals surface area contributed by atoms with E-state index in [0.29, 0.717) is 10.9 Å². The number of halogens is 1. The number of hydrogen-bond acceptors (Lipinski definition) is 5. The zero-order chi connectivity index (χ0) is 14.9. The number of carbonyl (C=O) groups is 1. The molecule has 1 aliphatic heterocycles. The van der Waals surface area contributed by atoms with Crippen LogP contribution in [-0.4, -0.2) is 48.5 Å². The number of hydrogen-bond donors (Lipinski definition) is 1. The third-order valence-electron chi connectivity index (χ3n) is 3.49. The van der Waals surface area contributed by atoms with Gasteiger partial charge in [-0.3, -0.25) is 9.69 Å². The third-order valence-corrected chi connectivity index (χ3v) is 6.59. The molecule has 2 unspecified atom stereocenters. The molecule has 0 amide bonds. The Balaban J connectivity index is 2.21. The van der Waals surface area contributed by atoms with Gasteiger partial charge < -0.3 is 5.11 Å². The molecule has 1 aromatic heterocycles. The molecule has 0 bridgehead atoms. The minimum Gasteiger partial charge on any atom is -0.481 e. The highest BCUT2D eigenvalue weighted by molar-refractivity contribution is 7.91. The number of sulfone groups is 1. The molecule has 0 radical (unpaired) electrons. The van der Waals surface area contributed by atoms with Crippen molar-refractivity contribution >= 4 is 38.7 Å². The van der Waals surface area contributed by atoms with E-state index in [2.05, 4.69) is 0 Å². The molecule has 112 valence electrons. The molecule has 5 nitrogen and oxygen atoms in total. The molecule has 20 heavy (non-hydrogen) atoms. The molecule has 1 saturated heterocycles. The van der Waals surface area contributed by atoms with Gasteiger partial charge in [0.05, 0.1) is 22.3 Å². The number of rotatable bonds is 4. The fraction of sp³-hybridized carbons (Fsp3) is 0.583. The summed E-state index contributed by atoms with van der Waals surface area (Å²) < 4.78 is 24.1. The highest BCUT2D eigenvalue weighted by Crippen LogP contribution is 2.33. The highest BCUT2D eigenvalue weighted by Gasteiger charge is 2.35. The molecule has 0 aliphatic carbocycles. The zero-order valence-electron chi connectivity index (χ0n) is 11.0. The second-order valence-corrected chi connectivity index (χ2v) is 8.90. The average molecular weight is 338 g/mol. The zero-order valence-corrected chi connectivity index (χ0v) is 13.3. The minimum absolute atomic E-state index is 0.0349. The Bertz CT molecular complexity index is 598. The highest BCUT2D eigenvalue weighted by atomic mass is 35.5. The van der Waals surface area contributed by atoms with Gasteiger partial charge in [-0.2, -0.15) is 0 Å². The van der Waals surface area contributed by atoms with Crippen LogP contribution in [0, 0.1) is 0 Å². The Morgan fingerprint density at radius 1 is 1.60 bits per heavy atom. The Kier molecular flexibility index (Phi) is 4.73. The van der Waals surface area contributed by atoms with Crippen molar-refractivity contribution in [3.05, 3.63) is 21.3 Å². The molecular weight excluding hydrogens is 322 g/mol. The first-order valence-corrected chi connectivity index (χ1v) is 9.23. The van der Waals surface area contributed by atoms with Crippen molar-refractivity contribution < 1.29 is 18.3 Å². The number of nitrogens with zero attached hydrogens (tertiary/aromatic N) is 1. The van der Waals surface area contributed by atoms with Crippen molar-refractivity contribution in [2.24, 2.45) is 0 Å².